The largest absolute Gasteiger partial charge is 0.352 e. The maximum Gasteiger partial charge on any atom is 0.247 e. The molecule has 0 radical (unpaired) electrons. The molecule has 1 N–H and O–H groups in total. The van der Waals surface area contributed by atoms with Crippen LogP contribution in [-0.4, -0.2) is 17.8 Å². The van der Waals surface area contributed by atoms with Gasteiger partial charge < -0.3 is 5.32 Å². The molecule has 2 nitrogen and oxygen atoms in total. The van der Waals surface area contributed by atoms with Gasteiger partial charge in [-0.05, 0) is 42.9 Å². The molecule has 0 heterocycles. The Morgan fingerprint density at radius 3 is 2.89 bits per heavy atom. The van der Waals surface area contributed by atoms with Gasteiger partial charge in [-0.3, -0.25) is 4.79 Å². The minimum absolute atomic E-state index is 0.0964. The topological polar surface area (TPSA) is 29.1 Å². The minimum atomic E-state index is 0.0964. The number of alkyl halides is 1. The van der Waals surface area contributed by atoms with E-state index in [9.17, 15) is 4.79 Å². The van der Waals surface area contributed by atoms with E-state index in [0.29, 0.717) is 0 Å². The number of rotatable bonds is 5. The number of unbranched alkanes of at least 4 members (excludes halogenated alkanes) is 1. The van der Waals surface area contributed by atoms with Crippen LogP contribution in [0.15, 0.2) is 29.8 Å². The molecule has 96 valence electrons. The van der Waals surface area contributed by atoms with Crippen LogP contribution in [-0.2, 0) is 11.2 Å². The van der Waals surface area contributed by atoms with Crippen LogP contribution in [0.5, 0.6) is 0 Å². The van der Waals surface area contributed by atoms with Crippen molar-refractivity contribution in [1.29, 1.82) is 0 Å². The molecule has 1 aromatic carbocycles. The summed E-state index contributed by atoms with van der Waals surface area (Å²) in [7, 11) is 0. The van der Waals surface area contributed by atoms with Crippen molar-refractivity contribution in [2.45, 2.75) is 25.7 Å². The van der Waals surface area contributed by atoms with E-state index in [1.54, 1.807) is 0 Å². The standard InChI is InChI=1S/C15H18BrNO/c16-9-3-4-10-17-15(18)14-8-7-12-5-1-2-6-13(12)11-14/h1-2,5-6,11H,3-4,7-10H2,(H,17,18). The maximum absolute atomic E-state index is 12.0. The first-order valence-corrected chi connectivity index (χ1v) is 7.56. The van der Waals surface area contributed by atoms with Crippen molar-refractivity contribution in [2.75, 3.05) is 11.9 Å². The molecule has 0 unspecified atom stereocenters. The van der Waals surface area contributed by atoms with E-state index in [0.717, 1.165) is 43.1 Å². The molecule has 0 atom stereocenters. The molecular weight excluding hydrogens is 290 g/mol. The third-order valence-corrected chi connectivity index (χ3v) is 3.75. The fourth-order valence-electron chi connectivity index (χ4n) is 2.15. The molecule has 1 aromatic rings. The molecule has 0 spiro atoms. The zero-order chi connectivity index (χ0) is 12.8. The minimum Gasteiger partial charge on any atom is -0.352 e. The number of carbonyl (C=O) groups excluding carboxylic acids is 1. The normalized spacial score (nSPS) is 13.7. The Morgan fingerprint density at radius 1 is 1.22 bits per heavy atom. The molecule has 1 aliphatic carbocycles. The summed E-state index contributed by atoms with van der Waals surface area (Å²) in [5, 5.41) is 3.99. The summed E-state index contributed by atoms with van der Waals surface area (Å²) >= 11 is 3.39. The van der Waals surface area contributed by atoms with Crippen molar-refractivity contribution in [3.8, 4) is 0 Å². The second-order valence-corrected chi connectivity index (χ2v) is 5.31. The average Bonchev–Trinajstić information content (AvgIpc) is 2.43. The smallest absolute Gasteiger partial charge is 0.247 e. The van der Waals surface area contributed by atoms with Gasteiger partial charge in [0.15, 0.2) is 0 Å². The van der Waals surface area contributed by atoms with Crippen LogP contribution in [0.2, 0.25) is 0 Å². The molecule has 0 saturated heterocycles. The van der Waals surface area contributed by atoms with E-state index in [1.807, 2.05) is 12.1 Å². The zero-order valence-electron chi connectivity index (χ0n) is 10.4. The third kappa shape index (κ3) is 3.45. The first-order valence-electron chi connectivity index (χ1n) is 6.44. The summed E-state index contributed by atoms with van der Waals surface area (Å²) in [5.74, 6) is 0.0964. The van der Waals surface area contributed by atoms with Gasteiger partial charge >= 0.3 is 0 Å². The Balaban J connectivity index is 1.94. The summed E-state index contributed by atoms with van der Waals surface area (Å²) in [4.78, 5) is 12.0. The van der Waals surface area contributed by atoms with Gasteiger partial charge in [-0.15, -0.1) is 0 Å². The maximum atomic E-state index is 12.0. The summed E-state index contributed by atoms with van der Waals surface area (Å²) in [6.07, 6.45) is 5.97. The van der Waals surface area contributed by atoms with E-state index in [-0.39, 0.29) is 5.91 Å². The fourth-order valence-corrected chi connectivity index (χ4v) is 2.54. The first-order chi connectivity index (χ1) is 8.81. The predicted molar refractivity (Wildman–Crippen MR) is 78.8 cm³/mol. The van der Waals surface area contributed by atoms with E-state index >= 15 is 0 Å². The number of halogens is 1. The first kappa shape index (κ1) is 13.3. The van der Waals surface area contributed by atoms with Gasteiger partial charge in [0.1, 0.15) is 0 Å². The van der Waals surface area contributed by atoms with Gasteiger partial charge in [0, 0.05) is 17.4 Å². The van der Waals surface area contributed by atoms with Crippen LogP contribution in [0.1, 0.15) is 30.4 Å². The van der Waals surface area contributed by atoms with Crippen LogP contribution in [0.25, 0.3) is 6.08 Å². The van der Waals surface area contributed by atoms with Crippen molar-refractivity contribution in [1.82, 2.24) is 5.32 Å². The van der Waals surface area contributed by atoms with E-state index in [1.165, 1.54) is 11.1 Å². The van der Waals surface area contributed by atoms with Crippen molar-refractivity contribution in [3.05, 3.63) is 41.0 Å². The molecule has 2 rings (SSSR count). The number of hydrogen-bond donors (Lipinski definition) is 1. The highest BCUT2D eigenvalue weighted by molar-refractivity contribution is 9.09. The lowest BCUT2D eigenvalue weighted by Gasteiger charge is -2.16. The van der Waals surface area contributed by atoms with Crippen molar-refractivity contribution in [3.63, 3.8) is 0 Å². The van der Waals surface area contributed by atoms with Gasteiger partial charge in [-0.2, -0.15) is 0 Å². The highest BCUT2D eigenvalue weighted by Crippen LogP contribution is 2.23. The lowest BCUT2D eigenvalue weighted by Crippen LogP contribution is -2.27. The molecule has 0 saturated carbocycles. The molecular formula is C15H18BrNO. The number of aryl methyl sites for hydroxylation is 1. The molecule has 1 amide bonds. The van der Waals surface area contributed by atoms with E-state index < -0.39 is 0 Å². The number of carbonyl (C=O) groups is 1. The molecule has 0 fully saturated rings. The van der Waals surface area contributed by atoms with E-state index in [2.05, 4.69) is 39.4 Å². The zero-order valence-corrected chi connectivity index (χ0v) is 12.0. The Bertz CT molecular complexity index is 454. The van der Waals surface area contributed by atoms with Gasteiger partial charge in [0.05, 0.1) is 0 Å². The Labute approximate surface area is 117 Å². The van der Waals surface area contributed by atoms with Gasteiger partial charge in [0.2, 0.25) is 5.91 Å². The number of fused-ring (bicyclic) bond motifs is 1. The second-order valence-electron chi connectivity index (χ2n) is 4.52. The number of nitrogens with one attached hydrogen (secondary N) is 1. The van der Waals surface area contributed by atoms with Crippen molar-refractivity contribution < 1.29 is 4.79 Å². The second kappa shape index (κ2) is 6.74. The monoisotopic (exact) mass is 307 g/mol. The van der Waals surface area contributed by atoms with Gasteiger partial charge in [-0.25, -0.2) is 0 Å². The summed E-state index contributed by atoms with van der Waals surface area (Å²) in [5.41, 5.74) is 3.44. The van der Waals surface area contributed by atoms with Crippen LogP contribution in [0.3, 0.4) is 0 Å². The van der Waals surface area contributed by atoms with Crippen LogP contribution in [0.4, 0.5) is 0 Å². The predicted octanol–water partition coefficient (Wildman–Crippen LogP) is 3.31. The molecule has 3 heteroatoms. The van der Waals surface area contributed by atoms with Gasteiger partial charge in [-0.1, -0.05) is 40.2 Å². The van der Waals surface area contributed by atoms with Crippen molar-refractivity contribution in [2.24, 2.45) is 0 Å². The van der Waals surface area contributed by atoms with Crippen LogP contribution in [0, 0.1) is 0 Å². The third-order valence-electron chi connectivity index (χ3n) is 3.19. The summed E-state index contributed by atoms with van der Waals surface area (Å²) in [6.45, 7) is 0.767. The molecule has 1 aliphatic rings. The number of benzene rings is 1. The Kier molecular flexibility index (Phi) is 5.00. The molecule has 18 heavy (non-hydrogen) atoms. The quantitative estimate of drug-likeness (QED) is 0.656. The number of hydrogen-bond acceptors (Lipinski definition) is 1. The Morgan fingerprint density at radius 2 is 2.06 bits per heavy atom. The summed E-state index contributed by atoms with van der Waals surface area (Å²) < 4.78 is 0. The molecule has 0 aliphatic heterocycles. The van der Waals surface area contributed by atoms with Crippen molar-refractivity contribution >= 4 is 27.9 Å². The lowest BCUT2D eigenvalue weighted by atomic mass is 9.92. The highest BCUT2D eigenvalue weighted by atomic mass is 79.9. The molecule has 0 aromatic heterocycles. The highest BCUT2D eigenvalue weighted by Gasteiger charge is 2.15. The van der Waals surface area contributed by atoms with E-state index in [4.69, 9.17) is 0 Å². The van der Waals surface area contributed by atoms with Crippen LogP contribution >= 0.6 is 15.9 Å². The summed E-state index contributed by atoms with van der Waals surface area (Å²) in [6, 6.07) is 8.29. The number of amides is 1. The SMILES string of the molecule is O=C(NCCCCBr)C1=Cc2ccccc2CC1. The fraction of sp³-hybridized carbons (Fsp3) is 0.400. The van der Waals surface area contributed by atoms with Crippen LogP contribution < -0.4 is 5.32 Å². The average molecular weight is 308 g/mol. The van der Waals surface area contributed by atoms with Gasteiger partial charge in [0.25, 0.3) is 0 Å². The lowest BCUT2D eigenvalue weighted by molar-refractivity contribution is -0.117. The molecule has 0 bridgehead atoms. The Hall–Kier alpha value is -1.09.